The van der Waals surface area contributed by atoms with Gasteiger partial charge in [0.25, 0.3) is 5.95 Å². The topological polar surface area (TPSA) is 47.0 Å². The Balaban J connectivity index is 1.99. The Bertz CT molecular complexity index is 302. The molecule has 0 bridgehead atoms. The van der Waals surface area contributed by atoms with Crippen molar-refractivity contribution in [3.05, 3.63) is 18.3 Å². The second-order valence-electron chi connectivity index (χ2n) is 3.23. The SMILES string of the molecule is Fc1nccnc1NC1CCOCC1. The fourth-order valence-corrected chi connectivity index (χ4v) is 1.45. The molecule has 0 radical (unpaired) electrons. The lowest BCUT2D eigenvalue weighted by molar-refractivity contribution is 0.0903. The van der Waals surface area contributed by atoms with Crippen LogP contribution in [0.25, 0.3) is 0 Å². The number of nitrogens with zero attached hydrogens (tertiary/aromatic N) is 2. The van der Waals surface area contributed by atoms with E-state index in [9.17, 15) is 4.39 Å². The molecule has 0 saturated carbocycles. The van der Waals surface area contributed by atoms with Crippen LogP contribution in [-0.4, -0.2) is 29.2 Å². The van der Waals surface area contributed by atoms with Gasteiger partial charge in [-0.2, -0.15) is 4.39 Å². The summed E-state index contributed by atoms with van der Waals surface area (Å²) in [5, 5.41) is 3.02. The highest BCUT2D eigenvalue weighted by Crippen LogP contribution is 2.14. The van der Waals surface area contributed by atoms with Gasteiger partial charge in [-0.3, -0.25) is 0 Å². The van der Waals surface area contributed by atoms with Crippen molar-refractivity contribution in [2.24, 2.45) is 0 Å². The summed E-state index contributed by atoms with van der Waals surface area (Å²) in [5.74, 6) is -0.307. The van der Waals surface area contributed by atoms with Crippen LogP contribution in [0.3, 0.4) is 0 Å². The fraction of sp³-hybridized carbons (Fsp3) is 0.556. The third kappa shape index (κ3) is 2.17. The van der Waals surface area contributed by atoms with Gasteiger partial charge in [0.05, 0.1) is 0 Å². The summed E-state index contributed by atoms with van der Waals surface area (Å²) in [6.45, 7) is 1.44. The van der Waals surface area contributed by atoms with Gasteiger partial charge in [-0.15, -0.1) is 0 Å². The Morgan fingerprint density at radius 3 is 2.71 bits per heavy atom. The van der Waals surface area contributed by atoms with Crippen molar-refractivity contribution in [3.63, 3.8) is 0 Å². The number of nitrogens with one attached hydrogen (secondary N) is 1. The lowest BCUT2D eigenvalue weighted by Gasteiger charge is -2.23. The van der Waals surface area contributed by atoms with Crippen LogP contribution < -0.4 is 5.32 Å². The fourth-order valence-electron chi connectivity index (χ4n) is 1.45. The highest BCUT2D eigenvalue weighted by atomic mass is 19.1. The molecule has 1 aliphatic heterocycles. The number of hydrogen-bond acceptors (Lipinski definition) is 4. The molecule has 0 spiro atoms. The first-order valence-corrected chi connectivity index (χ1v) is 4.67. The number of anilines is 1. The van der Waals surface area contributed by atoms with Crippen LogP contribution in [0.4, 0.5) is 10.2 Å². The van der Waals surface area contributed by atoms with Crippen LogP contribution in [0.5, 0.6) is 0 Å². The highest BCUT2D eigenvalue weighted by molar-refractivity contribution is 5.33. The van der Waals surface area contributed by atoms with Crippen molar-refractivity contribution in [2.75, 3.05) is 18.5 Å². The molecular formula is C9H12FN3O. The van der Waals surface area contributed by atoms with E-state index in [0.29, 0.717) is 0 Å². The molecule has 1 aromatic heterocycles. The number of rotatable bonds is 2. The molecule has 2 heterocycles. The van der Waals surface area contributed by atoms with Crippen molar-refractivity contribution >= 4 is 5.82 Å². The molecule has 0 atom stereocenters. The number of halogens is 1. The predicted octanol–water partition coefficient (Wildman–Crippen LogP) is 1.21. The Morgan fingerprint density at radius 1 is 1.29 bits per heavy atom. The van der Waals surface area contributed by atoms with E-state index in [1.165, 1.54) is 12.4 Å². The zero-order valence-electron chi connectivity index (χ0n) is 7.74. The van der Waals surface area contributed by atoms with E-state index in [1.807, 2.05) is 0 Å². The quantitative estimate of drug-likeness (QED) is 0.774. The average Bonchev–Trinajstić information content (AvgIpc) is 2.23. The molecule has 1 aliphatic rings. The summed E-state index contributed by atoms with van der Waals surface area (Å²) in [7, 11) is 0. The normalized spacial score (nSPS) is 18.1. The summed E-state index contributed by atoms with van der Waals surface area (Å²) in [6.07, 6.45) is 4.58. The van der Waals surface area contributed by atoms with Crippen molar-refractivity contribution in [1.82, 2.24) is 9.97 Å². The largest absolute Gasteiger partial charge is 0.381 e. The average molecular weight is 197 g/mol. The number of hydrogen-bond donors (Lipinski definition) is 1. The number of ether oxygens (including phenoxy) is 1. The highest BCUT2D eigenvalue weighted by Gasteiger charge is 2.15. The third-order valence-electron chi connectivity index (χ3n) is 2.22. The Kier molecular flexibility index (Phi) is 2.88. The van der Waals surface area contributed by atoms with E-state index in [2.05, 4.69) is 15.3 Å². The Morgan fingerprint density at radius 2 is 2.00 bits per heavy atom. The molecule has 0 amide bonds. The molecule has 1 fully saturated rings. The summed E-state index contributed by atoms with van der Waals surface area (Å²) in [5.41, 5.74) is 0. The molecule has 0 unspecified atom stereocenters. The van der Waals surface area contributed by atoms with Crippen LogP contribution >= 0.6 is 0 Å². The van der Waals surface area contributed by atoms with Crippen molar-refractivity contribution in [3.8, 4) is 0 Å². The van der Waals surface area contributed by atoms with Crippen LogP contribution in [0.15, 0.2) is 12.4 Å². The van der Waals surface area contributed by atoms with Gasteiger partial charge in [-0.1, -0.05) is 0 Å². The summed E-state index contributed by atoms with van der Waals surface area (Å²) in [4.78, 5) is 7.40. The molecule has 1 aromatic rings. The first-order chi connectivity index (χ1) is 6.86. The van der Waals surface area contributed by atoms with Gasteiger partial charge in [0.1, 0.15) is 0 Å². The molecule has 1 saturated heterocycles. The maximum atomic E-state index is 13.1. The van der Waals surface area contributed by atoms with Gasteiger partial charge in [0.15, 0.2) is 5.82 Å². The second-order valence-corrected chi connectivity index (χ2v) is 3.23. The van der Waals surface area contributed by atoms with Gasteiger partial charge >= 0.3 is 0 Å². The molecule has 5 heteroatoms. The molecule has 2 rings (SSSR count). The number of aromatic nitrogens is 2. The first-order valence-electron chi connectivity index (χ1n) is 4.67. The van der Waals surface area contributed by atoms with Crippen molar-refractivity contribution in [1.29, 1.82) is 0 Å². The molecule has 14 heavy (non-hydrogen) atoms. The van der Waals surface area contributed by atoms with Crippen LogP contribution in [0.1, 0.15) is 12.8 Å². The Hall–Kier alpha value is -1.23. The lowest BCUT2D eigenvalue weighted by Crippen LogP contribution is -2.28. The zero-order valence-corrected chi connectivity index (χ0v) is 7.74. The molecule has 0 aliphatic carbocycles. The third-order valence-corrected chi connectivity index (χ3v) is 2.22. The lowest BCUT2D eigenvalue weighted by atomic mass is 10.1. The van der Waals surface area contributed by atoms with Gasteiger partial charge in [-0.25, -0.2) is 9.97 Å². The molecule has 4 nitrogen and oxygen atoms in total. The van der Waals surface area contributed by atoms with Crippen molar-refractivity contribution < 1.29 is 9.13 Å². The van der Waals surface area contributed by atoms with Crippen LogP contribution in [0, 0.1) is 5.95 Å². The smallest absolute Gasteiger partial charge is 0.255 e. The van der Waals surface area contributed by atoms with Crippen molar-refractivity contribution in [2.45, 2.75) is 18.9 Å². The van der Waals surface area contributed by atoms with E-state index in [4.69, 9.17) is 4.74 Å². The maximum Gasteiger partial charge on any atom is 0.255 e. The van der Waals surface area contributed by atoms with E-state index in [1.54, 1.807) is 0 Å². The van der Waals surface area contributed by atoms with Gasteiger partial charge in [-0.05, 0) is 12.8 Å². The van der Waals surface area contributed by atoms with Gasteiger partial charge < -0.3 is 10.1 Å². The van der Waals surface area contributed by atoms with E-state index in [-0.39, 0.29) is 11.9 Å². The van der Waals surface area contributed by atoms with Gasteiger partial charge in [0, 0.05) is 31.6 Å². The van der Waals surface area contributed by atoms with E-state index in [0.717, 1.165) is 26.1 Å². The summed E-state index contributed by atoms with van der Waals surface area (Å²) >= 11 is 0. The maximum absolute atomic E-state index is 13.1. The molecule has 76 valence electrons. The van der Waals surface area contributed by atoms with Gasteiger partial charge in [0.2, 0.25) is 0 Å². The predicted molar refractivity (Wildman–Crippen MR) is 49.5 cm³/mol. The minimum atomic E-state index is -0.543. The summed E-state index contributed by atoms with van der Waals surface area (Å²) in [6, 6.07) is 0.245. The zero-order chi connectivity index (χ0) is 9.80. The van der Waals surface area contributed by atoms with Crippen LogP contribution in [0.2, 0.25) is 0 Å². The van der Waals surface area contributed by atoms with Crippen LogP contribution in [-0.2, 0) is 4.74 Å². The summed E-state index contributed by atoms with van der Waals surface area (Å²) < 4.78 is 18.3. The van der Waals surface area contributed by atoms with E-state index < -0.39 is 5.95 Å². The molecular weight excluding hydrogens is 185 g/mol. The Labute approximate surface area is 81.5 Å². The standard InChI is InChI=1S/C9H12FN3O/c10-8-9(12-4-3-11-8)13-7-1-5-14-6-2-7/h3-4,7H,1-2,5-6H2,(H,12,13). The molecule has 0 aromatic carbocycles. The first kappa shape index (κ1) is 9.33. The van der Waals surface area contributed by atoms with E-state index >= 15 is 0 Å². The monoisotopic (exact) mass is 197 g/mol. The minimum Gasteiger partial charge on any atom is -0.381 e. The molecule has 1 N–H and O–H groups in total. The minimum absolute atomic E-state index is 0.236. The second kappa shape index (κ2) is 4.32.